The predicted molar refractivity (Wildman–Crippen MR) is 62.6 cm³/mol. The third kappa shape index (κ3) is 4.45. The van der Waals surface area contributed by atoms with Gasteiger partial charge in [0, 0.05) is 11.6 Å². The molecule has 0 heterocycles. The van der Waals surface area contributed by atoms with Gasteiger partial charge in [-0.1, -0.05) is 29.3 Å². The van der Waals surface area contributed by atoms with Crippen LogP contribution >= 0.6 is 11.6 Å². The highest BCUT2D eigenvalue weighted by Gasteiger charge is 1.92. The maximum Gasteiger partial charge on any atom is 0.0406 e. The van der Waals surface area contributed by atoms with Crippen molar-refractivity contribution >= 4 is 11.6 Å². The summed E-state index contributed by atoms with van der Waals surface area (Å²) in [6.07, 6.45) is 1.04. The number of halogens is 1. The zero-order valence-corrected chi connectivity index (χ0v) is 9.27. The largest absolute Gasteiger partial charge is 0.312 e. The van der Waals surface area contributed by atoms with Crippen LogP contribution in [-0.4, -0.2) is 6.54 Å². The molecule has 1 aromatic carbocycles. The quantitative estimate of drug-likeness (QED) is 0.579. The fourth-order valence-electron chi connectivity index (χ4n) is 1.14. The maximum atomic E-state index is 5.78. The highest BCUT2D eigenvalue weighted by atomic mass is 35.5. The molecule has 0 atom stereocenters. The molecule has 1 nitrogen and oxygen atoms in total. The van der Waals surface area contributed by atoms with E-state index in [-0.39, 0.29) is 0 Å². The second-order valence-corrected chi connectivity index (χ2v) is 3.95. The normalized spacial score (nSPS) is 10.1. The van der Waals surface area contributed by atoms with E-state index in [9.17, 15) is 0 Å². The Balaban J connectivity index is 2.25. The summed E-state index contributed by atoms with van der Waals surface area (Å²) in [5.41, 5.74) is 2.48. The Labute approximate surface area is 90.8 Å². The monoisotopic (exact) mass is 209 g/mol. The van der Waals surface area contributed by atoms with E-state index >= 15 is 0 Å². The van der Waals surface area contributed by atoms with Gasteiger partial charge in [0.1, 0.15) is 0 Å². The van der Waals surface area contributed by atoms with Crippen LogP contribution in [0, 0.1) is 0 Å². The van der Waals surface area contributed by atoms with Crippen LogP contribution < -0.4 is 5.32 Å². The number of hydrogen-bond acceptors (Lipinski definition) is 1. The molecular formula is C12H16ClN. The molecule has 1 aromatic rings. The number of hydrogen-bond donors (Lipinski definition) is 1. The van der Waals surface area contributed by atoms with Crippen molar-refractivity contribution in [2.75, 3.05) is 6.54 Å². The maximum absolute atomic E-state index is 5.78. The average Bonchev–Trinajstić information content (AvgIpc) is 2.15. The Morgan fingerprint density at radius 3 is 2.57 bits per heavy atom. The highest BCUT2D eigenvalue weighted by Crippen LogP contribution is 2.09. The van der Waals surface area contributed by atoms with Crippen molar-refractivity contribution in [2.45, 2.75) is 19.9 Å². The van der Waals surface area contributed by atoms with Crippen LogP contribution in [0.1, 0.15) is 18.9 Å². The lowest BCUT2D eigenvalue weighted by atomic mass is 10.2. The first-order valence-corrected chi connectivity index (χ1v) is 5.16. The van der Waals surface area contributed by atoms with Crippen molar-refractivity contribution in [3.63, 3.8) is 0 Å². The molecule has 0 saturated carbocycles. The van der Waals surface area contributed by atoms with Gasteiger partial charge in [-0.25, -0.2) is 0 Å². The van der Waals surface area contributed by atoms with Gasteiger partial charge in [-0.05, 0) is 37.6 Å². The second kappa shape index (κ2) is 5.84. The molecule has 14 heavy (non-hydrogen) atoms. The first kappa shape index (κ1) is 11.3. The number of rotatable bonds is 5. The highest BCUT2D eigenvalue weighted by molar-refractivity contribution is 6.30. The third-order valence-corrected chi connectivity index (χ3v) is 2.22. The fourth-order valence-corrected chi connectivity index (χ4v) is 1.26. The smallest absolute Gasteiger partial charge is 0.0406 e. The van der Waals surface area contributed by atoms with Crippen molar-refractivity contribution < 1.29 is 0 Å². The average molecular weight is 210 g/mol. The van der Waals surface area contributed by atoms with Crippen LogP contribution in [0.15, 0.2) is 36.4 Å². The zero-order chi connectivity index (χ0) is 10.4. The van der Waals surface area contributed by atoms with E-state index in [1.54, 1.807) is 0 Å². The Morgan fingerprint density at radius 2 is 2.00 bits per heavy atom. The van der Waals surface area contributed by atoms with Gasteiger partial charge in [-0.2, -0.15) is 0 Å². The molecule has 1 N–H and O–H groups in total. The van der Waals surface area contributed by atoms with E-state index in [1.807, 2.05) is 31.2 Å². The van der Waals surface area contributed by atoms with Gasteiger partial charge in [0.25, 0.3) is 0 Å². The fraction of sp³-hybridized carbons (Fsp3) is 0.333. The Bertz CT molecular complexity index is 290. The second-order valence-electron chi connectivity index (χ2n) is 3.51. The number of benzene rings is 1. The van der Waals surface area contributed by atoms with Gasteiger partial charge in [0.15, 0.2) is 0 Å². The van der Waals surface area contributed by atoms with Crippen LogP contribution in [0.3, 0.4) is 0 Å². The van der Waals surface area contributed by atoms with Crippen LogP contribution in [0.4, 0.5) is 0 Å². The van der Waals surface area contributed by atoms with Crippen molar-refractivity contribution in [2.24, 2.45) is 0 Å². The molecule has 0 aliphatic heterocycles. The minimum absolute atomic E-state index is 0.788. The Kier molecular flexibility index (Phi) is 4.71. The SMILES string of the molecule is C=C(C)CCNCc1ccc(Cl)cc1. The van der Waals surface area contributed by atoms with Crippen LogP contribution in [0.2, 0.25) is 5.02 Å². The Morgan fingerprint density at radius 1 is 1.36 bits per heavy atom. The molecule has 0 aliphatic rings. The summed E-state index contributed by atoms with van der Waals surface area (Å²) in [5, 5.41) is 4.14. The minimum Gasteiger partial charge on any atom is -0.312 e. The molecule has 0 saturated heterocycles. The summed E-state index contributed by atoms with van der Waals surface area (Å²) >= 11 is 5.78. The van der Waals surface area contributed by atoms with E-state index in [1.165, 1.54) is 11.1 Å². The van der Waals surface area contributed by atoms with Crippen molar-refractivity contribution in [1.82, 2.24) is 5.32 Å². The van der Waals surface area contributed by atoms with Crippen molar-refractivity contribution in [3.05, 3.63) is 47.0 Å². The van der Waals surface area contributed by atoms with Crippen LogP contribution in [-0.2, 0) is 6.54 Å². The summed E-state index contributed by atoms with van der Waals surface area (Å²) in [7, 11) is 0. The standard InChI is InChI=1S/C12H16ClN/c1-10(2)7-8-14-9-11-3-5-12(13)6-4-11/h3-6,14H,1,7-9H2,2H3. The van der Waals surface area contributed by atoms with Gasteiger partial charge in [0.05, 0.1) is 0 Å². The molecule has 0 radical (unpaired) electrons. The molecule has 0 fully saturated rings. The third-order valence-electron chi connectivity index (χ3n) is 1.97. The zero-order valence-electron chi connectivity index (χ0n) is 8.52. The molecule has 2 heteroatoms. The lowest BCUT2D eigenvalue weighted by Gasteiger charge is -2.04. The lowest BCUT2D eigenvalue weighted by Crippen LogP contribution is -2.14. The molecule has 76 valence electrons. The van der Waals surface area contributed by atoms with E-state index in [2.05, 4.69) is 11.9 Å². The van der Waals surface area contributed by atoms with E-state index in [0.29, 0.717) is 0 Å². The molecule has 0 spiro atoms. The molecule has 0 aliphatic carbocycles. The first-order chi connectivity index (χ1) is 6.68. The van der Waals surface area contributed by atoms with Gasteiger partial charge in [0.2, 0.25) is 0 Å². The molecule has 1 rings (SSSR count). The van der Waals surface area contributed by atoms with Gasteiger partial charge < -0.3 is 5.32 Å². The molecule has 0 bridgehead atoms. The molecular weight excluding hydrogens is 194 g/mol. The Hall–Kier alpha value is -0.790. The minimum atomic E-state index is 0.788. The van der Waals surface area contributed by atoms with E-state index in [0.717, 1.165) is 24.5 Å². The van der Waals surface area contributed by atoms with Crippen LogP contribution in [0.5, 0.6) is 0 Å². The van der Waals surface area contributed by atoms with Crippen molar-refractivity contribution in [1.29, 1.82) is 0 Å². The number of nitrogens with one attached hydrogen (secondary N) is 1. The van der Waals surface area contributed by atoms with E-state index in [4.69, 9.17) is 11.6 Å². The summed E-state index contributed by atoms with van der Waals surface area (Å²) in [4.78, 5) is 0. The van der Waals surface area contributed by atoms with Gasteiger partial charge >= 0.3 is 0 Å². The molecule has 0 aromatic heterocycles. The summed E-state index contributed by atoms with van der Waals surface area (Å²) < 4.78 is 0. The lowest BCUT2D eigenvalue weighted by molar-refractivity contribution is 0.685. The van der Waals surface area contributed by atoms with Gasteiger partial charge in [-0.3, -0.25) is 0 Å². The molecule has 0 amide bonds. The first-order valence-electron chi connectivity index (χ1n) is 4.78. The van der Waals surface area contributed by atoms with E-state index < -0.39 is 0 Å². The summed E-state index contributed by atoms with van der Waals surface area (Å²) in [6, 6.07) is 7.90. The predicted octanol–water partition coefficient (Wildman–Crippen LogP) is 3.40. The van der Waals surface area contributed by atoms with Gasteiger partial charge in [-0.15, -0.1) is 6.58 Å². The topological polar surface area (TPSA) is 12.0 Å². The van der Waals surface area contributed by atoms with Crippen molar-refractivity contribution in [3.8, 4) is 0 Å². The summed E-state index contributed by atoms with van der Waals surface area (Å²) in [6.45, 7) is 7.78. The molecule has 0 unspecified atom stereocenters. The van der Waals surface area contributed by atoms with Crippen LogP contribution in [0.25, 0.3) is 0 Å². The summed E-state index contributed by atoms with van der Waals surface area (Å²) in [5.74, 6) is 0.